The highest BCUT2D eigenvalue weighted by molar-refractivity contribution is 5.78. The Kier molecular flexibility index (Phi) is 5.77. The van der Waals surface area contributed by atoms with E-state index in [4.69, 9.17) is 4.74 Å². The molecule has 4 nitrogen and oxygen atoms in total. The molecule has 1 saturated carbocycles. The first-order chi connectivity index (χ1) is 7.69. The van der Waals surface area contributed by atoms with Gasteiger partial charge >= 0.3 is 0 Å². The first kappa shape index (κ1) is 13.5. The zero-order valence-corrected chi connectivity index (χ0v) is 10.6. The van der Waals surface area contributed by atoms with E-state index in [2.05, 4.69) is 24.5 Å². The lowest BCUT2D eigenvalue weighted by molar-refractivity contribution is -0.121. The van der Waals surface area contributed by atoms with Gasteiger partial charge in [0.15, 0.2) is 0 Å². The van der Waals surface area contributed by atoms with Crippen molar-refractivity contribution in [2.75, 3.05) is 13.7 Å². The van der Waals surface area contributed by atoms with Gasteiger partial charge in [-0.05, 0) is 25.7 Å². The molecule has 0 radical (unpaired) electrons. The fourth-order valence-corrected chi connectivity index (χ4v) is 1.93. The van der Waals surface area contributed by atoms with Crippen molar-refractivity contribution < 1.29 is 9.53 Å². The van der Waals surface area contributed by atoms with Crippen molar-refractivity contribution in [3.63, 3.8) is 0 Å². The van der Waals surface area contributed by atoms with Crippen LogP contribution in [0.4, 0.5) is 0 Å². The summed E-state index contributed by atoms with van der Waals surface area (Å²) >= 11 is 0. The van der Waals surface area contributed by atoms with E-state index in [0.29, 0.717) is 24.7 Å². The molecular formula is C12H24N2O2. The highest BCUT2D eigenvalue weighted by Crippen LogP contribution is 2.21. The average Bonchev–Trinajstić information content (AvgIpc) is 2.24. The number of ether oxygens (including phenoxy) is 1. The molecule has 0 saturated heterocycles. The summed E-state index contributed by atoms with van der Waals surface area (Å²) in [5, 5.41) is 6.26. The Labute approximate surface area is 98.1 Å². The molecular weight excluding hydrogens is 204 g/mol. The van der Waals surface area contributed by atoms with Crippen molar-refractivity contribution in [1.29, 1.82) is 0 Å². The summed E-state index contributed by atoms with van der Waals surface area (Å²) in [6.45, 7) is 4.62. The minimum Gasteiger partial charge on any atom is -0.381 e. The number of amides is 1. The third kappa shape index (κ3) is 4.10. The molecule has 0 spiro atoms. The van der Waals surface area contributed by atoms with Crippen molar-refractivity contribution >= 4 is 5.91 Å². The van der Waals surface area contributed by atoms with Crippen LogP contribution in [0.2, 0.25) is 0 Å². The lowest BCUT2D eigenvalue weighted by Gasteiger charge is -2.34. The molecule has 94 valence electrons. The standard InChI is InChI=1S/C12H24N2O2/c1-4-9(5-2)14-12(15)8-13-10-6-11(7-10)16-3/h9-11,13H,4-8H2,1-3H3,(H,14,15). The minimum atomic E-state index is 0.106. The topological polar surface area (TPSA) is 50.4 Å². The molecule has 1 aliphatic rings. The highest BCUT2D eigenvalue weighted by atomic mass is 16.5. The highest BCUT2D eigenvalue weighted by Gasteiger charge is 2.28. The van der Waals surface area contributed by atoms with Gasteiger partial charge in [0.05, 0.1) is 12.6 Å². The number of hydrogen-bond acceptors (Lipinski definition) is 3. The normalized spacial score (nSPS) is 24.2. The molecule has 0 aromatic rings. The van der Waals surface area contributed by atoms with Crippen LogP contribution in [0.3, 0.4) is 0 Å². The van der Waals surface area contributed by atoms with Crippen molar-refractivity contribution in [2.45, 2.75) is 57.7 Å². The molecule has 0 unspecified atom stereocenters. The third-order valence-electron chi connectivity index (χ3n) is 3.33. The number of rotatable bonds is 7. The van der Waals surface area contributed by atoms with E-state index in [0.717, 1.165) is 25.7 Å². The summed E-state index contributed by atoms with van der Waals surface area (Å²) in [6, 6.07) is 0.778. The second kappa shape index (κ2) is 6.86. The molecule has 1 fully saturated rings. The van der Waals surface area contributed by atoms with Crippen molar-refractivity contribution in [1.82, 2.24) is 10.6 Å². The van der Waals surface area contributed by atoms with Gasteiger partial charge in [-0.3, -0.25) is 4.79 Å². The largest absolute Gasteiger partial charge is 0.381 e. The first-order valence-corrected chi connectivity index (χ1v) is 6.25. The second-order valence-corrected chi connectivity index (χ2v) is 4.49. The van der Waals surface area contributed by atoms with Gasteiger partial charge in [-0.25, -0.2) is 0 Å². The fraction of sp³-hybridized carbons (Fsp3) is 0.917. The zero-order valence-electron chi connectivity index (χ0n) is 10.6. The van der Waals surface area contributed by atoms with Gasteiger partial charge in [-0.2, -0.15) is 0 Å². The van der Waals surface area contributed by atoms with Crippen LogP contribution >= 0.6 is 0 Å². The average molecular weight is 228 g/mol. The number of carbonyl (C=O) groups is 1. The Morgan fingerprint density at radius 2 is 2.00 bits per heavy atom. The van der Waals surface area contributed by atoms with Crippen LogP contribution in [0.1, 0.15) is 39.5 Å². The SMILES string of the molecule is CCC(CC)NC(=O)CNC1CC(OC)C1. The van der Waals surface area contributed by atoms with Gasteiger partial charge in [-0.1, -0.05) is 13.8 Å². The van der Waals surface area contributed by atoms with Gasteiger partial charge < -0.3 is 15.4 Å². The molecule has 0 atom stereocenters. The lowest BCUT2D eigenvalue weighted by Crippen LogP contribution is -2.49. The van der Waals surface area contributed by atoms with Crippen LogP contribution in [0.5, 0.6) is 0 Å². The molecule has 16 heavy (non-hydrogen) atoms. The maximum atomic E-state index is 11.6. The van der Waals surface area contributed by atoms with Crippen molar-refractivity contribution in [3.05, 3.63) is 0 Å². The Bertz CT molecular complexity index is 211. The molecule has 1 rings (SSSR count). The maximum Gasteiger partial charge on any atom is 0.234 e. The van der Waals surface area contributed by atoms with Crippen molar-refractivity contribution in [2.24, 2.45) is 0 Å². The Balaban J connectivity index is 2.07. The molecule has 0 aromatic heterocycles. The Hall–Kier alpha value is -0.610. The van der Waals surface area contributed by atoms with Gasteiger partial charge in [0.25, 0.3) is 0 Å². The molecule has 1 aliphatic carbocycles. The van der Waals surface area contributed by atoms with Crippen LogP contribution in [0.25, 0.3) is 0 Å². The molecule has 0 heterocycles. The zero-order chi connectivity index (χ0) is 12.0. The summed E-state index contributed by atoms with van der Waals surface area (Å²) < 4.78 is 5.18. The number of hydrogen-bond donors (Lipinski definition) is 2. The number of methoxy groups -OCH3 is 1. The molecule has 2 N–H and O–H groups in total. The van der Waals surface area contributed by atoms with Gasteiger partial charge in [0.1, 0.15) is 0 Å². The Morgan fingerprint density at radius 3 is 2.50 bits per heavy atom. The minimum absolute atomic E-state index is 0.106. The molecule has 0 bridgehead atoms. The van der Waals surface area contributed by atoms with E-state index in [1.165, 1.54) is 0 Å². The molecule has 1 amide bonds. The van der Waals surface area contributed by atoms with E-state index in [-0.39, 0.29) is 5.91 Å². The summed E-state index contributed by atoms with van der Waals surface area (Å²) in [5.41, 5.74) is 0. The third-order valence-corrected chi connectivity index (χ3v) is 3.33. The van der Waals surface area contributed by atoms with Gasteiger partial charge in [0, 0.05) is 19.2 Å². The summed E-state index contributed by atoms with van der Waals surface area (Å²) in [4.78, 5) is 11.6. The quantitative estimate of drug-likeness (QED) is 0.685. The molecule has 0 aliphatic heterocycles. The summed E-state index contributed by atoms with van der Waals surface area (Å²) in [7, 11) is 1.74. The predicted molar refractivity (Wildman–Crippen MR) is 64.3 cm³/mol. The summed E-state index contributed by atoms with van der Waals surface area (Å²) in [5.74, 6) is 0.106. The van der Waals surface area contributed by atoms with E-state index >= 15 is 0 Å². The molecule has 0 aromatic carbocycles. The van der Waals surface area contributed by atoms with Crippen LogP contribution < -0.4 is 10.6 Å². The monoisotopic (exact) mass is 228 g/mol. The second-order valence-electron chi connectivity index (χ2n) is 4.49. The number of carbonyl (C=O) groups excluding carboxylic acids is 1. The van der Waals surface area contributed by atoms with Crippen molar-refractivity contribution in [3.8, 4) is 0 Å². The fourth-order valence-electron chi connectivity index (χ4n) is 1.93. The Morgan fingerprint density at radius 1 is 1.38 bits per heavy atom. The van der Waals surface area contributed by atoms with Crippen LogP contribution in [0.15, 0.2) is 0 Å². The van der Waals surface area contributed by atoms with Gasteiger partial charge in [0.2, 0.25) is 5.91 Å². The van der Waals surface area contributed by atoms with E-state index in [1.807, 2.05) is 0 Å². The summed E-state index contributed by atoms with van der Waals surface area (Å²) in [6.07, 6.45) is 4.43. The lowest BCUT2D eigenvalue weighted by atomic mass is 9.89. The maximum absolute atomic E-state index is 11.6. The van der Waals surface area contributed by atoms with Crippen LogP contribution in [-0.4, -0.2) is 37.7 Å². The predicted octanol–water partition coefficient (Wildman–Crippen LogP) is 1.06. The molecule has 4 heteroatoms. The van der Waals surface area contributed by atoms with Crippen LogP contribution in [0, 0.1) is 0 Å². The van der Waals surface area contributed by atoms with Crippen LogP contribution in [-0.2, 0) is 9.53 Å². The van der Waals surface area contributed by atoms with Gasteiger partial charge in [-0.15, -0.1) is 0 Å². The van der Waals surface area contributed by atoms with E-state index < -0.39 is 0 Å². The van der Waals surface area contributed by atoms with E-state index in [9.17, 15) is 4.79 Å². The smallest absolute Gasteiger partial charge is 0.234 e. The first-order valence-electron chi connectivity index (χ1n) is 6.25. The number of nitrogens with one attached hydrogen (secondary N) is 2. The van der Waals surface area contributed by atoms with E-state index in [1.54, 1.807) is 7.11 Å².